The first kappa shape index (κ1) is 14.3. The summed E-state index contributed by atoms with van der Waals surface area (Å²) in [6.07, 6.45) is -0.744. The van der Waals surface area contributed by atoms with E-state index in [0.29, 0.717) is 10.6 Å². The van der Waals surface area contributed by atoms with E-state index in [0.717, 1.165) is 0 Å². The number of halogens is 1. The van der Waals surface area contributed by atoms with Crippen LogP contribution >= 0.6 is 11.6 Å². The van der Waals surface area contributed by atoms with E-state index in [1.807, 2.05) is 0 Å². The Hall–Kier alpha value is -1.79. The van der Waals surface area contributed by atoms with Gasteiger partial charge in [0.1, 0.15) is 12.6 Å². The highest BCUT2D eigenvalue weighted by molar-refractivity contribution is 6.31. The van der Waals surface area contributed by atoms with E-state index in [4.69, 9.17) is 27.2 Å². The average molecular weight is 273 g/mol. The number of carbonyl (C=O) groups excluding carboxylic acids is 1. The number of benzene rings is 1. The first-order valence-electron chi connectivity index (χ1n) is 5.13. The van der Waals surface area contributed by atoms with Gasteiger partial charge in [-0.15, -0.1) is 0 Å². The fourth-order valence-corrected chi connectivity index (χ4v) is 1.28. The fraction of sp³-hybridized carbons (Fsp3) is 0.273. The average Bonchev–Trinajstić information content (AvgIpc) is 2.34. The second-order valence-corrected chi connectivity index (χ2v) is 3.90. The van der Waals surface area contributed by atoms with Crippen LogP contribution in [-0.4, -0.2) is 29.8 Å². The number of hydrogen-bond donors (Lipinski definition) is 3. The molecule has 1 rings (SSSR count). The molecular weight excluding hydrogens is 260 g/mol. The molecule has 0 heterocycles. The van der Waals surface area contributed by atoms with Crippen LogP contribution in [0, 0.1) is 0 Å². The minimum atomic E-state index is -1.19. The third-order valence-electron chi connectivity index (χ3n) is 2.10. The molecule has 1 atom stereocenters. The largest absolute Gasteiger partial charge is 0.480 e. The molecule has 0 aliphatic rings. The van der Waals surface area contributed by atoms with Crippen LogP contribution in [0.2, 0.25) is 5.02 Å². The number of rotatable bonds is 5. The Morgan fingerprint density at radius 3 is 2.72 bits per heavy atom. The third-order valence-corrected chi connectivity index (χ3v) is 2.47. The van der Waals surface area contributed by atoms with Gasteiger partial charge in [-0.1, -0.05) is 29.8 Å². The minimum absolute atomic E-state index is 0.00775. The van der Waals surface area contributed by atoms with Crippen molar-refractivity contribution in [2.24, 2.45) is 5.73 Å². The van der Waals surface area contributed by atoms with Crippen LogP contribution in [0.4, 0.5) is 4.79 Å². The number of amides is 1. The van der Waals surface area contributed by atoms with Crippen LogP contribution < -0.4 is 11.1 Å². The van der Waals surface area contributed by atoms with E-state index in [9.17, 15) is 9.59 Å². The normalized spacial score (nSPS) is 11.7. The van der Waals surface area contributed by atoms with Gasteiger partial charge in [-0.3, -0.25) is 4.79 Å². The maximum absolute atomic E-state index is 11.2. The molecule has 98 valence electrons. The Morgan fingerprint density at radius 1 is 1.44 bits per heavy atom. The van der Waals surface area contributed by atoms with Crippen molar-refractivity contribution in [1.29, 1.82) is 0 Å². The van der Waals surface area contributed by atoms with E-state index in [-0.39, 0.29) is 13.2 Å². The van der Waals surface area contributed by atoms with Gasteiger partial charge in [0.2, 0.25) is 0 Å². The van der Waals surface area contributed by atoms with Gasteiger partial charge in [-0.25, -0.2) is 4.79 Å². The summed E-state index contributed by atoms with van der Waals surface area (Å²) in [4.78, 5) is 21.6. The zero-order valence-corrected chi connectivity index (χ0v) is 10.2. The summed E-state index contributed by atoms with van der Waals surface area (Å²) < 4.78 is 4.86. The number of ether oxygens (including phenoxy) is 1. The molecule has 0 fully saturated rings. The first-order valence-corrected chi connectivity index (χ1v) is 5.51. The molecule has 0 unspecified atom stereocenters. The second kappa shape index (κ2) is 6.83. The lowest BCUT2D eigenvalue weighted by Crippen LogP contribution is -2.42. The number of aliphatic carboxylic acids is 1. The molecule has 0 aromatic heterocycles. The summed E-state index contributed by atoms with van der Waals surface area (Å²) in [6, 6.07) is 5.77. The highest BCUT2D eigenvalue weighted by Gasteiger charge is 2.13. The Labute approximate surface area is 109 Å². The van der Waals surface area contributed by atoms with Crippen LogP contribution in [0.5, 0.6) is 0 Å². The fourth-order valence-electron chi connectivity index (χ4n) is 1.09. The van der Waals surface area contributed by atoms with Crippen molar-refractivity contribution in [3.05, 3.63) is 34.9 Å². The van der Waals surface area contributed by atoms with Crippen molar-refractivity contribution < 1.29 is 19.4 Å². The number of carboxylic acids is 1. The Kier molecular flexibility index (Phi) is 5.41. The van der Waals surface area contributed by atoms with E-state index in [1.165, 1.54) is 0 Å². The van der Waals surface area contributed by atoms with Crippen molar-refractivity contribution in [2.75, 3.05) is 6.54 Å². The molecule has 0 aliphatic heterocycles. The van der Waals surface area contributed by atoms with Gasteiger partial charge in [-0.2, -0.15) is 0 Å². The quantitative estimate of drug-likeness (QED) is 0.741. The van der Waals surface area contributed by atoms with Gasteiger partial charge in [0.15, 0.2) is 0 Å². The lowest BCUT2D eigenvalue weighted by atomic mass is 10.2. The van der Waals surface area contributed by atoms with Gasteiger partial charge in [0, 0.05) is 17.1 Å². The van der Waals surface area contributed by atoms with Crippen LogP contribution in [0.3, 0.4) is 0 Å². The molecule has 1 amide bonds. The van der Waals surface area contributed by atoms with Crippen molar-refractivity contribution in [3.8, 4) is 0 Å². The molecule has 0 bridgehead atoms. The number of carboxylic acid groups (broad SMARTS) is 1. The topological polar surface area (TPSA) is 102 Å². The predicted octanol–water partition coefficient (Wildman–Crippen LogP) is 0.978. The van der Waals surface area contributed by atoms with Crippen LogP contribution in [0.1, 0.15) is 5.56 Å². The van der Waals surface area contributed by atoms with Gasteiger partial charge in [0.25, 0.3) is 0 Å². The van der Waals surface area contributed by atoms with Gasteiger partial charge in [0.05, 0.1) is 0 Å². The summed E-state index contributed by atoms with van der Waals surface area (Å²) in [5.74, 6) is -1.19. The molecule has 7 heteroatoms. The van der Waals surface area contributed by atoms with Crippen LogP contribution in [-0.2, 0) is 16.1 Å². The Bertz CT molecular complexity index is 439. The monoisotopic (exact) mass is 272 g/mol. The van der Waals surface area contributed by atoms with Crippen LogP contribution in [0.15, 0.2) is 24.3 Å². The van der Waals surface area contributed by atoms with Crippen molar-refractivity contribution >= 4 is 23.7 Å². The first-order chi connectivity index (χ1) is 8.50. The number of nitrogens with one attached hydrogen (secondary N) is 1. The molecule has 4 N–H and O–H groups in total. The number of nitrogens with two attached hydrogens (primary N) is 1. The lowest BCUT2D eigenvalue weighted by Gasteiger charge is -2.09. The summed E-state index contributed by atoms with van der Waals surface area (Å²) in [5, 5.41) is 11.2. The molecule has 18 heavy (non-hydrogen) atoms. The van der Waals surface area contributed by atoms with Crippen molar-refractivity contribution in [1.82, 2.24) is 5.32 Å². The second-order valence-electron chi connectivity index (χ2n) is 3.49. The summed E-state index contributed by atoms with van der Waals surface area (Å²) in [7, 11) is 0. The van der Waals surface area contributed by atoms with Gasteiger partial charge in [-0.05, 0) is 6.07 Å². The maximum Gasteiger partial charge on any atom is 0.407 e. The van der Waals surface area contributed by atoms with Crippen molar-refractivity contribution in [3.63, 3.8) is 0 Å². The molecule has 1 aromatic carbocycles. The highest BCUT2D eigenvalue weighted by Crippen LogP contribution is 2.15. The lowest BCUT2D eigenvalue weighted by molar-refractivity contribution is -0.138. The van der Waals surface area contributed by atoms with Gasteiger partial charge < -0.3 is 20.9 Å². The zero-order valence-electron chi connectivity index (χ0n) is 9.43. The Morgan fingerprint density at radius 2 is 2.11 bits per heavy atom. The van der Waals surface area contributed by atoms with Gasteiger partial charge >= 0.3 is 12.1 Å². The zero-order chi connectivity index (χ0) is 13.5. The molecule has 0 saturated carbocycles. The molecule has 0 saturated heterocycles. The predicted molar refractivity (Wildman–Crippen MR) is 65.3 cm³/mol. The summed E-state index contributed by atoms with van der Waals surface area (Å²) >= 11 is 5.87. The standard InChI is InChI=1S/C11H13ClN2O4/c12-8-4-2-1-3-7(8)6-18-11(17)14-5-9(13)10(15)16/h1-4,9H,5-6,13H2,(H,14,17)(H,15,16)/t9-/m1/s1. The van der Waals surface area contributed by atoms with E-state index < -0.39 is 18.1 Å². The highest BCUT2D eigenvalue weighted by atomic mass is 35.5. The Balaban J connectivity index is 2.34. The van der Waals surface area contributed by atoms with E-state index >= 15 is 0 Å². The van der Waals surface area contributed by atoms with Crippen molar-refractivity contribution in [2.45, 2.75) is 12.6 Å². The van der Waals surface area contributed by atoms with Crippen LogP contribution in [0.25, 0.3) is 0 Å². The molecular formula is C11H13ClN2O4. The number of alkyl carbamates (subject to hydrolysis) is 1. The SMILES string of the molecule is N[C@H](CNC(=O)OCc1ccccc1Cl)C(=O)O. The third kappa shape index (κ3) is 4.60. The number of hydrogen-bond acceptors (Lipinski definition) is 4. The maximum atomic E-state index is 11.2. The molecule has 6 nitrogen and oxygen atoms in total. The van der Waals surface area contributed by atoms with E-state index in [1.54, 1.807) is 24.3 Å². The molecule has 0 radical (unpaired) electrons. The summed E-state index contributed by atoms with van der Waals surface area (Å²) in [5.41, 5.74) is 5.87. The smallest absolute Gasteiger partial charge is 0.407 e. The van der Waals surface area contributed by atoms with E-state index in [2.05, 4.69) is 5.32 Å². The number of carbonyl (C=O) groups is 2. The minimum Gasteiger partial charge on any atom is -0.480 e. The molecule has 0 spiro atoms. The summed E-state index contributed by atoms with van der Waals surface area (Å²) in [6.45, 7) is -0.190. The molecule has 1 aromatic rings. The molecule has 0 aliphatic carbocycles.